The van der Waals surface area contributed by atoms with E-state index in [1.165, 1.54) is 6.07 Å². The minimum atomic E-state index is -0.406. The predicted octanol–water partition coefficient (Wildman–Crippen LogP) is 3.80. The third-order valence-electron chi connectivity index (χ3n) is 2.91. The highest BCUT2D eigenvalue weighted by molar-refractivity contribution is 5.69. The van der Waals surface area contributed by atoms with Crippen molar-refractivity contribution in [3.8, 4) is 5.75 Å². The first-order chi connectivity index (χ1) is 8.62. The summed E-state index contributed by atoms with van der Waals surface area (Å²) in [6.07, 6.45) is 2.84. The van der Waals surface area contributed by atoms with E-state index in [2.05, 4.69) is 19.2 Å². The van der Waals surface area contributed by atoms with Crippen LogP contribution in [-0.4, -0.2) is 12.6 Å². The van der Waals surface area contributed by atoms with Crippen molar-refractivity contribution >= 4 is 11.4 Å². The fourth-order valence-electron chi connectivity index (χ4n) is 1.73. The smallest absolute Gasteiger partial charge is 0.167 e. The van der Waals surface area contributed by atoms with Crippen molar-refractivity contribution in [2.45, 2.75) is 46.1 Å². The van der Waals surface area contributed by atoms with Gasteiger partial charge in [0, 0.05) is 18.2 Å². The molecule has 0 unspecified atom stereocenters. The van der Waals surface area contributed by atoms with Gasteiger partial charge in [-0.1, -0.05) is 20.8 Å². The minimum absolute atomic E-state index is 0.263. The van der Waals surface area contributed by atoms with Crippen LogP contribution in [0, 0.1) is 5.82 Å². The molecule has 1 rings (SSSR count). The van der Waals surface area contributed by atoms with Gasteiger partial charge in [0.05, 0.1) is 18.0 Å². The Kier molecular flexibility index (Phi) is 5.75. The number of nitrogens with one attached hydrogen (secondary N) is 1. The first-order valence-electron chi connectivity index (χ1n) is 6.60. The van der Waals surface area contributed by atoms with Gasteiger partial charge in [0.25, 0.3) is 0 Å². The molecule has 1 aromatic carbocycles. The maximum absolute atomic E-state index is 13.6. The summed E-state index contributed by atoms with van der Waals surface area (Å²) in [5.74, 6) is -0.143. The largest absolute Gasteiger partial charge is 0.490 e. The van der Waals surface area contributed by atoms with Crippen LogP contribution in [0.5, 0.6) is 5.75 Å². The summed E-state index contributed by atoms with van der Waals surface area (Å²) < 4.78 is 19.0. The van der Waals surface area contributed by atoms with E-state index in [0.29, 0.717) is 18.3 Å². The molecule has 0 aliphatic heterocycles. The van der Waals surface area contributed by atoms with Gasteiger partial charge < -0.3 is 15.8 Å². The Morgan fingerprint density at radius 1 is 1.28 bits per heavy atom. The highest BCUT2D eigenvalue weighted by atomic mass is 19.1. The third-order valence-corrected chi connectivity index (χ3v) is 2.91. The van der Waals surface area contributed by atoms with Gasteiger partial charge in [0.2, 0.25) is 0 Å². The third kappa shape index (κ3) is 3.79. The van der Waals surface area contributed by atoms with E-state index in [9.17, 15) is 4.39 Å². The van der Waals surface area contributed by atoms with Crippen molar-refractivity contribution in [1.29, 1.82) is 0 Å². The maximum atomic E-state index is 13.6. The first kappa shape index (κ1) is 14.6. The molecule has 0 atom stereocenters. The van der Waals surface area contributed by atoms with E-state index in [1.807, 2.05) is 6.92 Å². The number of nitrogens with two attached hydrogens (primary N) is 1. The normalized spacial score (nSPS) is 10.7. The van der Waals surface area contributed by atoms with E-state index < -0.39 is 5.82 Å². The molecule has 0 radical (unpaired) electrons. The molecule has 18 heavy (non-hydrogen) atoms. The summed E-state index contributed by atoms with van der Waals surface area (Å²) in [7, 11) is 0. The van der Waals surface area contributed by atoms with Crippen molar-refractivity contribution in [3.05, 3.63) is 17.9 Å². The molecule has 0 saturated carbocycles. The first-order valence-corrected chi connectivity index (χ1v) is 6.60. The van der Waals surface area contributed by atoms with Crippen LogP contribution < -0.4 is 15.8 Å². The maximum Gasteiger partial charge on any atom is 0.167 e. The monoisotopic (exact) mass is 254 g/mol. The molecule has 3 nitrogen and oxygen atoms in total. The van der Waals surface area contributed by atoms with Crippen LogP contribution in [0.2, 0.25) is 0 Å². The zero-order valence-electron chi connectivity index (χ0n) is 11.4. The standard InChI is InChI=1S/C14H23FN2O/c1-4-7-18-14-9-13(12(16)8-11(14)15)17-10(5-2)6-3/h8-10,17H,4-7,16H2,1-3H3. The second-order valence-corrected chi connectivity index (χ2v) is 4.38. The van der Waals surface area contributed by atoms with Gasteiger partial charge >= 0.3 is 0 Å². The Labute approximate surface area is 109 Å². The zero-order chi connectivity index (χ0) is 13.5. The second kappa shape index (κ2) is 7.09. The number of halogens is 1. The van der Waals surface area contributed by atoms with Crippen LogP contribution in [0.1, 0.15) is 40.0 Å². The summed E-state index contributed by atoms with van der Waals surface area (Å²) in [4.78, 5) is 0. The fraction of sp³-hybridized carbons (Fsp3) is 0.571. The Balaban J connectivity index is 2.89. The van der Waals surface area contributed by atoms with Crippen LogP contribution >= 0.6 is 0 Å². The average molecular weight is 254 g/mol. The van der Waals surface area contributed by atoms with E-state index in [-0.39, 0.29) is 5.75 Å². The molecule has 1 aromatic rings. The molecule has 0 aliphatic rings. The molecule has 4 heteroatoms. The Bertz CT molecular complexity index is 378. The summed E-state index contributed by atoms with van der Waals surface area (Å²) in [5.41, 5.74) is 6.98. The quantitative estimate of drug-likeness (QED) is 0.728. The van der Waals surface area contributed by atoms with Gasteiger partial charge in [0.15, 0.2) is 11.6 Å². The van der Waals surface area contributed by atoms with Crippen molar-refractivity contribution in [1.82, 2.24) is 0 Å². The minimum Gasteiger partial charge on any atom is -0.490 e. The van der Waals surface area contributed by atoms with Crippen molar-refractivity contribution in [3.63, 3.8) is 0 Å². The summed E-state index contributed by atoms with van der Waals surface area (Å²) in [5, 5.41) is 3.32. The van der Waals surface area contributed by atoms with E-state index in [4.69, 9.17) is 10.5 Å². The number of ether oxygens (including phenoxy) is 1. The summed E-state index contributed by atoms with van der Waals surface area (Å²) in [6.45, 7) is 6.70. The lowest BCUT2D eigenvalue weighted by molar-refractivity contribution is 0.301. The Morgan fingerprint density at radius 3 is 2.50 bits per heavy atom. The summed E-state index contributed by atoms with van der Waals surface area (Å²) >= 11 is 0. The molecule has 0 aromatic heterocycles. The molecule has 0 spiro atoms. The van der Waals surface area contributed by atoms with Crippen molar-refractivity contribution < 1.29 is 9.13 Å². The van der Waals surface area contributed by atoms with E-state index in [1.54, 1.807) is 6.07 Å². The van der Waals surface area contributed by atoms with Crippen molar-refractivity contribution in [2.75, 3.05) is 17.7 Å². The van der Waals surface area contributed by atoms with Crippen LogP contribution in [0.4, 0.5) is 15.8 Å². The molecular formula is C14H23FN2O. The number of nitrogen functional groups attached to an aromatic ring is 1. The molecule has 102 valence electrons. The molecule has 0 bridgehead atoms. The van der Waals surface area contributed by atoms with Gasteiger partial charge in [-0.15, -0.1) is 0 Å². The predicted molar refractivity (Wildman–Crippen MR) is 74.6 cm³/mol. The van der Waals surface area contributed by atoms with Gasteiger partial charge in [-0.25, -0.2) is 4.39 Å². The molecule has 3 N–H and O–H groups in total. The van der Waals surface area contributed by atoms with Gasteiger partial charge in [-0.2, -0.15) is 0 Å². The molecule has 0 amide bonds. The van der Waals surface area contributed by atoms with Crippen LogP contribution in [0.3, 0.4) is 0 Å². The Morgan fingerprint density at radius 2 is 1.94 bits per heavy atom. The molecule has 0 aliphatic carbocycles. The van der Waals surface area contributed by atoms with Crippen LogP contribution in [-0.2, 0) is 0 Å². The summed E-state index contributed by atoms with van der Waals surface area (Å²) in [6, 6.07) is 3.31. The SMILES string of the molecule is CCCOc1cc(NC(CC)CC)c(N)cc1F. The number of anilines is 2. The number of hydrogen-bond donors (Lipinski definition) is 2. The van der Waals surface area contributed by atoms with Crippen molar-refractivity contribution in [2.24, 2.45) is 0 Å². The number of rotatable bonds is 7. The van der Waals surface area contributed by atoms with Crippen LogP contribution in [0.25, 0.3) is 0 Å². The lowest BCUT2D eigenvalue weighted by Gasteiger charge is -2.19. The average Bonchev–Trinajstić information content (AvgIpc) is 2.36. The molecule has 0 saturated heterocycles. The topological polar surface area (TPSA) is 47.3 Å². The lowest BCUT2D eigenvalue weighted by atomic mass is 10.1. The molecule has 0 fully saturated rings. The van der Waals surface area contributed by atoms with Gasteiger partial charge in [-0.3, -0.25) is 0 Å². The van der Waals surface area contributed by atoms with E-state index >= 15 is 0 Å². The number of hydrogen-bond acceptors (Lipinski definition) is 3. The highest BCUT2D eigenvalue weighted by Gasteiger charge is 2.11. The fourth-order valence-corrected chi connectivity index (χ4v) is 1.73. The second-order valence-electron chi connectivity index (χ2n) is 4.38. The highest BCUT2D eigenvalue weighted by Crippen LogP contribution is 2.29. The molecule has 0 heterocycles. The van der Waals surface area contributed by atoms with Gasteiger partial charge in [-0.05, 0) is 19.3 Å². The molecular weight excluding hydrogens is 231 g/mol. The lowest BCUT2D eigenvalue weighted by Crippen LogP contribution is -2.18. The Hall–Kier alpha value is -1.45. The zero-order valence-corrected chi connectivity index (χ0v) is 11.4. The number of benzene rings is 1. The van der Waals surface area contributed by atoms with Crippen LogP contribution in [0.15, 0.2) is 12.1 Å². The van der Waals surface area contributed by atoms with E-state index in [0.717, 1.165) is 24.9 Å². The van der Waals surface area contributed by atoms with Gasteiger partial charge in [0.1, 0.15) is 0 Å².